The van der Waals surface area contributed by atoms with Gasteiger partial charge < -0.3 is 4.74 Å². The number of cyclic esters (lactones) is 1. The molecular formula is C23H22O2Si. The molecule has 1 fully saturated rings. The molecule has 0 aliphatic carbocycles. The summed E-state index contributed by atoms with van der Waals surface area (Å²) in [5.74, 6) is -0.0629. The van der Waals surface area contributed by atoms with Gasteiger partial charge >= 0.3 is 5.97 Å². The molecule has 0 amide bonds. The fourth-order valence-electron chi connectivity index (χ4n) is 4.09. The standard InChI is InChI=1S/C23H22O2Si/c24-23-17-16-19(25-23)18-26(20-10-4-1-5-11-20,21-12-6-2-7-13-21)22-14-8-3-9-15-22/h1-15,19H,16-18H2/t19-/m1/s1. The van der Waals surface area contributed by atoms with Crippen molar-refractivity contribution in [3.05, 3.63) is 91.0 Å². The van der Waals surface area contributed by atoms with Gasteiger partial charge in [-0.1, -0.05) is 91.0 Å². The lowest BCUT2D eigenvalue weighted by Gasteiger charge is -2.35. The van der Waals surface area contributed by atoms with E-state index in [1.54, 1.807) is 0 Å². The van der Waals surface area contributed by atoms with E-state index in [4.69, 9.17) is 4.74 Å². The molecule has 1 aliphatic heterocycles. The molecule has 1 aliphatic rings. The highest BCUT2D eigenvalue weighted by Crippen LogP contribution is 2.24. The number of carbonyl (C=O) groups excluding carboxylic acids is 1. The minimum atomic E-state index is -2.30. The van der Waals surface area contributed by atoms with Gasteiger partial charge in [0.1, 0.15) is 6.10 Å². The van der Waals surface area contributed by atoms with Crippen molar-refractivity contribution >= 4 is 29.6 Å². The van der Waals surface area contributed by atoms with Gasteiger partial charge in [-0.05, 0) is 28.0 Å². The Balaban J connectivity index is 1.92. The van der Waals surface area contributed by atoms with Gasteiger partial charge in [-0.15, -0.1) is 0 Å². The summed E-state index contributed by atoms with van der Waals surface area (Å²) in [5.41, 5.74) is 0. The highest BCUT2D eigenvalue weighted by molar-refractivity contribution is 7.11. The molecule has 130 valence electrons. The molecule has 3 aromatic carbocycles. The molecule has 0 saturated carbocycles. The van der Waals surface area contributed by atoms with Crippen LogP contribution in [0.15, 0.2) is 91.0 Å². The van der Waals surface area contributed by atoms with E-state index in [2.05, 4.69) is 91.0 Å². The summed E-state index contributed by atoms with van der Waals surface area (Å²) in [6.07, 6.45) is 1.35. The van der Waals surface area contributed by atoms with E-state index >= 15 is 0 Å². The topological polar surface area (TPSA) is 26.3 Å². The fourth-order valence-corrected chi connectivity index (χ4v) is 9.05. The summed E-state index contributed by atoms with van der Waals surface area (Å²) in [6.45, 7) is 0. The van der Waals surface area contributed by atoms with Crippen molar-refractivity contribution in [2.24, 2.45) is 0 Å². The third-order valence-electron chi connectivity index (χ3n) is 5.30. The Morgan fingerprint density at radius 1 is 0.731 bits per heavy atom. The van der Waals surface area contributed by atoms with Crippen molar-refractivity contribution in [1.29, 1.82) is 0 Å². The van der Waals surface area contributed by atoms with E-state index in [1.165, 1.54) is 15.6 Å². The summed E-state index contributed by atoms with van der Waals surface area (Å²) in [7, 11) is -2.30. The van der Waals surface area contributed by atoms with Crippen LogP contribution in [0.1, 0.15) is 12.8 Å². The summed E-state index contributed by atoms with van der Waals surface area (Å²) in [6, 6.07) is 33.2. The zero-order chi connectivity index (χ0) is 17.8. The first-order valence-corrected chi connectivity index (χ1v) is 11.4. The predicted octanol–water partition coefficient (Wildman–Crippen LogP) is 2.86. The van der Waals surface area contributed by atoms with Gasteiger partial charge in [-0.2, -0.15) is 0 Å². The molecule has 0 bridgehead atoms. The lowest BCUT2D eigenvalue weighted by molar-refractivity contribution is -0.140. The van der Waals surface area contributed by atoms with Gasteiger partial charge in [0.2, 0.25) is 0 Å². The summed E-state index contributed by atoms with van der Waals surface area (Å²) in [4.78, 5) is 11.7. The Kier molecular flexibility index (Phi) is 4.72. The predicted molar refractivity (Wildman–Crippen MR) is 108 cm³/mol. The Labute approximate surface area is 155 Å². The minimum absolute atomic E-state index is 0.00483. The van der Waals surface area contributed by atoms with Gasteiger partial charge in [0.05, 0.1) is 0 Å². The number of carbonyl (C=O) groups is 1. The molecule has 4 rings (SSSR count). The van der Waals surface area contributed by atoms with E-state index in [1.807, 2.05) is 0 Å². The average Bonchev–Trinajstić information content (AvgIpc) is 3.13. The number of hydrogen-bond acceptors (Lipinski definition) is 2. The van der Waals surface area contributed by atoms with E-state index < -0.39 is 8.07 Å². The van der Waals surface area contributed by atoms with Crippen LogP contribution in [0.2, 0.25) is 6.04 Å². The SMILES string of the molecule is O=C1CC[C@H](C[Si](c2ccccc2)(c2ccccc2)c2ccccc2)O1. The summed E-state index contributed by atoms with van der Waals surface area (Å²) < 4.78 is 5.68. The molecule has 1 saturated heterocycles. The number of esters is 1. The molecule has 0 N–H and O–H groups in total. The lowest BCUT2D eigenvalue weighted by atomic mass is 10.3. The second-order valence-electron chi connectivity index (χ2n) is 6.86. The van der Waals surface area contributed by atoms with Gasteiger partial charge in [-0.3, -0.25) is 4.79 Å². The highest BCUT2D eigenvalue weighted by Gasteiger charge is 2.43. The quantitative estimate of drug-likeness (QED) is 0.398. The highest BCUT2D eigenvalue weighted by atomic mass is 28.3. The lowest BCUT2D eigenvalue weighted by Crippen LogP contribution is -2.68. The van der Waals surface area contributed by atoms with Crippen LogP contribution < -0.4 is 15.6 Å². The van der Waals surface area contributed by atoms with Crippen molar-refractivity contribution in [1.82, 2.24) is 0 Å². The Bertz CT molecular complexity index is 766. The van der Waals surface area contributed by atoms with E-state index in [0.717, 1.165) is 12.5 Å². The molecule has 3 aromatic rings. The second-order valence-corrected chi connectivity index (χ2v) is 10.8. The monoisotopic (exact) mass is 358 g/mol. The zero-order valence-electron chi connectivity index (χ0n) is 14.7. The van der Waals surface area contributed by atoms with Crippen LogP contribution in [0.5, 0.6) is 0 Å². The molecule has 0 spiro atoms. The second kappa shape index (κ2) is 7.30. The summed E-state index contributed by atoms with van der Waals surface area (Å²) in [5, 5.41) is 4.08. The Hall–Kier alpha value is -2.65. The van der Waals surface area contributed by atoms with Gasteiger partial charge in [0.15, 0.2) is 8.07 Å². The van der Waals surface area contributed by atoms with E-state index in [-0.39, 0.29) is 12.1 Å². The van der Waals surface area contributed by atoms with Crippen LogP contribution in [0.3, 0.4) is 0 Å². The summed E-state index contributed by atoms with van der Waals surface area (Å²) >= 11 is 0. The normalized spacial score (nSPS) is 17.1. The maximum atomic E-state index is 11.7. The van der Waals surface area contributed by atoms with E-state index in [9.17, 15) is 4.79 Å². The molecule has 0 radical (unpaired) electrons. The Morgan fingerprint density at radius 3 is 1.50 bits per heavy atom. The molecule has 1 heterocycles. The molecule has 1 atom stereocenters. The van der Waals surface area contributed by atoms with Crippen molar-refractivity contribution in [3.8, 4) is 0 Å². The molecule has 3 heteroatoms. The van der Waals surface area contributed by atoms with Gasteiger partial charge in [-0.25, -0.2) is 0 Å². The molecule has 2 nitrogen and oxygen atoms in total. The van der Waals surface area contributed by atoms with Crippen molar-refractivity contribution in [2.75, 3.05) is 0 Å². The maximum absolute atomic E-state index is 11.7. The third kappa shape index (κ3) is 3.11. The third-order valence-corrected chi connectivity index (χ3v) is 10.3. The van der Waals surface area contributed by atoms with Crippen LogP contribution in [-0.2, 0) is 9.53 Å². The molecule has 0 unspecified atom stereocenters. The first-order valence-electron chi connectivity index (χ1n) is 9.15. The first kappa shape index (κ1) is 16.8. The van der Waals surface area contributed by atoms with Crippen LogP contribution >= 0.6 is 0 Å². The van der Waals surface area contributed by atoms with Crippen LogP contribution in [0, 0.1) is 0 Å². The number of benzene rings is 3. The largest absolute Gasteiger partial charge is 0.463 e. The first-order chi connectivity index (χ1) is 12.8. The smallest absolute Gasteiger partial charge is 0.306 e. The number of hydrogen-bond donors (Lipinski definition) is 0. The molecule has 0 aromatic heterocycles. The number of ether oxygens (including phenoxy) is 1. The number of rotatable bonds is 5. The van der Waals surface area contributed by atoms with Crippen LogP contribution in [0.4, 0.5) is 0 Å². The van der Waals surface area contributed by atoms with Gasteiger partial charge in [0.25, 0.3) is 0 Å². The minimum Gasteiger partial charge on any atom is -0.463 e. The van der Waals surface area contributed by atoms with Crippen molar-refractivity contribution in [3.63, 3.8) is 0 Å². The Morgan fingerprint density at radius 2 is 1.15 bits per heavy atom. The van der Waals surface area contributed by atoms with Crippen molar-refractivity contribution < 1.29 is 9.53 Å². The molecular weight excluding hydrogens is 336 g/mol. The van der Waals surface area contributed by atoms with E-state index in [0.29, 0.717) is 6.42 Å². The maximum Gasteiger partial charge on any atom is 0.306 e. The van der Waals surface area contributed by atoms with Crippen LogP contribution in [-0.4, -0.2) is 20.1 Å². The fraction of sp³-hybridized carbons (Fsp3) is 0.174. The molecule has 26 heavy (non-hydrogen) atoms. The van der Waals surface area contributed by atoms with Gasteiger partial charge in [0, 0.05) is 6.42 Å². The van der Waals surface area contributed by atoms with Crippen molar-refractivity contribution in [2.45, 2.75) is 25.0 Å². The van der Waals surface area contributed by atoms with Crippen LogP contribution in [0.25, 0.3) is 0 Å². The average molecular weight is 359 g/mol. The zero-order valence-corrected chi connectivity index (χ0v) is 15.7.